The van der Waals surface area contributed by atoms with Crippen molar-refractivity contribution in [1.29, 1.82) is 0 Å². The number of carbonyl (C=O) groups is 1. The second-order valence-corrected chi connectivity index (χ2v) is 4.29. The van der Waals surface area contributed by atoms with Gasteiger partial charge in [-0.2, -0.15) is 0 Å². The minimum atomic E-state index is -0.104. The van der Waals surface area contributed by atoms with Crippen LogP contribution in [0.4, 0.5) is 0 Å². The predicted octanol–water partition coefficient (Wildman–Crippen LogP) is 1.44. The van der Waals surface area contributed by atoms with Gasteiger partial charge in [-0.25, -0.2) is 0 Å². The Labute approximate surface area is 67.1 Å². The topological polar surface area (TPSA) is 43.1 Å². The van der Waals surface area contributed by atoms with E-state index in [0.29, 0.717) is 11.8 Å². The van der Waals surface area contributed by atoms with Gasteiger partial charge in [0.2, 0.25) is 5.91 Å². The fraction of sp³-hybridized carbons (Fsp3) is 0.889. The zero-order valence-corrected chi connectivity index (χ0v) is 6.81. The van der Waals surface area contributed by atoms with Crippen LogP contribution in [0.25, 0.3) is 0 Å². The molecule has 0 aliphatic heterocycles. The van der Waals surface area contributed by atoms with Gasteiger partial charge in [0.25, 0.3) is 0 Å². The van der Waals surface area contributed by atoms with E-state index in [-0.39, 0.29) is 5.91 Å². The second-order valence-electron chi connectivity index (χ2n) is 4.29. The van der Waals surface area contributed by atoms with Crippen molar-refractivity contribution in [2.45, 2.75) is 38.5 Å². The van der Waals surface area contributed by atoms with Gasteiger partial charge in [-0.15, -0.1) is 0 Å². The summed E-state index contributed by atoms with van der Waals surface area (Å²) in [6.45, 7) is 0. The van der Waals surface area contributed by atoms with Crippen molar-refractivity contribution in [2.75, 3.05) is 0 Å². The van der Waals surface area contributed by atoms with Crippen LogP contribution in [0.5, 0.6) is 0 Å². The number of hydrogen-bond acceptors (Lipinski definition) is 1. The van der Waals surface area contributed by atoms with Crippen molar-refractivity contribution in [3.63, 3.8) is 0 Å². The molecule has 2 nitrogen and oxygen atoms in total. The van der Waals surface area contributed by atoms with Gasteiger partial charge < -0.3 is 5.73 Å². The Morgan fingerprint density at radius 1 is 1.45 bits per heavy atom. The van der Waals surface area contributed by atoms with E-state index in [0.717, 1.165) is 5.92 Å². The van der Waals surface area contributed by atoms with Crippen LogP contribution in [0.1, 0.15) is 38.5 Å². The molecule has 0 radical (unpaired) electrons. The fourth-order valence-corrected chi connectivity index (χ4v) is 2.93. The van der Waals surface area contributed by atoms with Gasteiger partial charge in [-0.3, -0.25) is 4.79 Å². The first-order valence-electron chi connectivity index (χ1n) is 4.49. The second kappa shape index (κ2) is 2.23. The molecule has 0 aromatic carbocycles. The molecule has 0 spiro atoms. The van der Waals surface area contributed by atoms with Crippen molar-refractivity contribution in [3.05, 3.63) is 0 Å². The summed E-state index contributed by atoms with van der Waals surface area (Å²) in [5.74, 6) is 0.821. The molecule has 1 amide bonds. The fourth-order valence-electron chi connectivity index (χ4n) is 2.93. The molecule has 2 fully saturated rings. The summed E-state index contributed by atoms with van der Waals surface area (Å²) in [6, 6.07) is 0. The summed E-state index contributed by atoms with van der Waals surface area (Å²) in [7, 11) is 0. The maximum absolute atomic E-state index is 10.8. The number of primary amides is 1. The lowest BCUT2D eigenvalue weighted by Crippen LogP contribution is -2.23. The Morgan fingerprint density at radius 2 is 2.09 bits per heavy atom. The predicted molar refractivity (Wildman–Crippen MR) is 42.8 cm³/mol. The maximum atomic E-state index is 10.8. The maximum Gasteiger partial charge on any atom is 0.217 e. The molecule has 2 heteroatoms. The first-order valence-corrected chi connectivity index (χ1v) is 4.49. The summed E-state index contributed by atoms with van der Waals surface area (Å²) >= 11 is 0. The number of fused-ring (bicyclic) bond motifs is 2. The molecule has 62 valence electrons. The van der Waals surface area contributed by atoms with Gasteiger partial charge in [0.15, 0.2) is 0 Å². The van der Waals surface area contributed by atoms with Crippen LogP contribution in [0, 0.1) is 11.3 Å². The number of hydrogen-bond donors (Lipinski definition) is 1. The lowest BCUT2D eigenvalue weighted by Gasteiger charge is -2.24. The third-order valence-electron chi connectivity index (χ3n) is 3.44. The molecule has 0 aromatic heterocycles. The zero-order chi connectivity index (χ0) is 7.90. The van der Waals surface area contributed by atoms with E-state index in [1.807, 2.05) is 0 Å². The first kappa shape index (κ1) is 7.14. The Balaban J connectivity index is 2.05. The molecule has 0 aromatic rings. The van der Waals surface area contributed by atoms with Crippen LogP contribution in [-0.2, 0) is 4.79 Å². The highest BCUT2D eigenvalue weighted by molar-refractivity contribution is 5.74. The van der Waals surface area contributed by atoms with E-state index < -0.39 is 0 Å². The van der Waals surface area contributed by atoms with E-state index >= 15 is 0 Å². The monoisotopic (exact) mass is 153 g/mol. The van der Waals surface area contributed by atoms with Crippen LogP contribution in [0.3, 0.4) is 0 Å². The average Bonchev–Trinajstić information content (AvgIpc) is 2.43. The molecule has 2 rings (SSSR count). The number of carbonyl (C=O) groups excluding carboxylic acids is 1. The van der Waals surface area contributed by atoms with E-state index in [4.69, 9.17) is 5.73 Å². The van der Waals surface area contributed by atoms with Gasteiger partial charge in [0.1, 0.15) is 0 Å². The molecule has 2 N–H and O–H groups in total. The molecule has 11 heavy (non-hydrogen) atoms. The molecule has 2 aliphatic carbocycles. The Bertz CT molecular complexity index is 180. The Kier molecular flexibility index (Phi) is 1.44. The molecular weight excluding hydrogens is 138 g/mol. The summed E-state index contributed by atoms with van der Waals surface area (Å²) in [6.07, 6.45) is 7.10. The van der Waals surface area contributed by atoms with Gasteiger partial charge >= 0.3 is 0 Å². The molecule has 0 atom stereocenters. The van der Waals surface area contributed by atoms with Crippen molar-refractivity contribution < 1.29 is 4.79 Å². The van der Waals surface area contributed by atoms with Gasteiger partial charge in [-0.05, 0) is 43.4 Å². The first-order chi connectivity index (χ1) is 5.20. The van der Waals surface area contributed by atoms with Crippen LogP contribution in [0.2, 0.25) is 0 Å². The molecule has 2 bridgehead atoms. The van der Waals surface area contributed by atoms with Crippen molar-refractivity contribution in [1.82, 2.24) is 0 Å². The summed E-state index contributed by atoms with van der Waals surface area (Å²) in [5.41, 5.74) is 5.57. The van der Waals surface area contributed by atoms with Gasteiger partial charge in [-0.1, -0.05) is 0 Å². The molecular formula is C9H15NO. The number of amides is 1. The van der Waals surface area contributed by atoms with Crippen LogP contribution in [-0.4, -0.2) is 5.91 Å². The summed E-state index contributed by atoms with van der Waals surface area (Å²) in [5, 5.41) is 0. The normalized spacial score (nSPS) is 41.3. The molecule has 2 aliphatic rings. The average molecular weight is 153 g/mol. The van der Waals surface area contributed by atoms with Crippen LogP contribution >= 0.6 is 0 Å². The molecule has 0 heterocycles. The Morgan fingerprint density at radius 3 is 2.45 bits per heavy atom. The summed E-state index contributed by atoms with van der Waals surface area (Å²) < 4.78 is 0. The van der Waals surface area contributed by atoms with E-state index in [9.17, 15) is 4.79 Å². The standard InChI is InChI=1S/C9H15NO/c10-8(11)6-9-3-1-7(5-9)2-4-9/h7H,1-6H2,(H2,10,11). The van der Waals surface area contributed by atoms with Crippen molar-refractivity contribution in [3.8, 4) is 0 Å². The smallest absolute Gasteiger partial charge is 0.217 e. The third-order valence-corrected chi connectivity index (χ3v) is 3.44. The SMILES string of the molecule is NC(=O)CC12CCC(CC1)C2. The summed E-state index contributed by atoms with van der Waals surface area (Å²) in [4.78, 5) is 10.8. The van der Waals surface area contributed by atoms with Gasteiger partial charge in [0.05, 0.1) is 0 Å². The highest BCUT2D eigenvalue weighted by Crippen LogP contribution is 2.55. The minimum absolute atomic E-state index is 0.104. The number of nitrogens with two attached hydrogens (primary N) is 1. The van der Waals surface area contributed by atoms with Crippen molar-refractivity contribution >= 4 is 5.91 Å². The van der Waals surface area contributed by atoms with Gasteiger partial charge in [0, 0.05) is 6.42 Å². The molecule has 0 saturated heterocycles. The highest BCUT2D eigenvalue weighted by atomic mass is 16.1. The lowest BCUT2D eigenvalue weighted by molar-refractivity contribution is -0.120. The molecule has 0 unspecified atom stereocenters. The number of rotatable bonds is 2. The zero-order valence-electron chi connectivity index (χ0n) is 6.81. The van der Waals surface area contributed by atoms with E-state index in [1.54, 1.807) is 0 Å². The largest absolute Gasteiger partial charge is 0.370 e. The lowest BCUT2D eigenvalue weighted by atomic mass is 9.81. The van der Waals surface area contributed by atoms with Crippen LogP contribution in [0.15, 0.2) is 0 Å². The van der Waals surface area contributed by atoms with Crippen molar-refractivity contribution in [2.24, 2.45) is 17.1 Å². The highest BCUT2D eigenvalue weighted by Gasteiger charge is 2.45. The van der Waals surface area contributed by atoms with E-state index in [2.05, 4.69) is 0 Å². The minimum Gasteiger partial charge on any atom is -0.370 e. The molecule has 2 saturated carbocycles. The van der Waals surface area contributed by atoms with E-state index in [1.165, 1.54) is 32.1 Å². The van der Waals surface area contributed by atoms with Crippen LogP contribution < -0.4 is 5.73 Å². The Hall–Kier alpha value is -0.530. The third kappa shape index (κ3) is 1.15. The quantitative estimate of drug-likeness (QED) is 0.641.